The number of rotatable bonds is 6. The Labute approximate surface area is 224 Å². The Kier molecular flexibility index (Phi) is 6.77. The molecule has 5 rings (SSSR count). The van der Waals surface area contributed by atoms with Crippen LogP contribution in [0.1, 0.15) is 38.8 Å². The normalized spacial score (nSPS) is 14.7. The lowest BCUT2D eigenvalue weighted by atomic mass is 10.0. The van der Waals surface area contributed by atoms with Gasteiger partial charge in [0.25, 0.3) is 15.9 Å². The summed E-state index contributed by atoms with van der Waals surface area (Å²) in [4.78, 5) is 26.3. The molecule has 4 aromatic rings. The molecule has 0 aliphatic carbocycles. The molecule has 0 unspecified atom stereocenters. The minimum absolute atomic E-state index is 0.0150. The molecule has 0 spiro atoms. The quantitative estimate of drug-likeness (QED) is 0.295. The highest BCUT2D eigenvalue weighted by atomic mass is 35.5. The van der Waals surface area contributed by atoms with Crippen LogP contribution in [0.2, 0.25) is 5.02 Å². The van der Waals surface area contributed by atoms with Gasteiger partial charge < -0.3 is 5.32 Å². The molecule has 0 saturated heterocycles. The predicted molar refractivity (Wildman–Crippen MR) is 145 cm³/mol. The van der Waals surface area contributed by atoms with E-state index < -0.39 is 27.8 Å². The molecule has 9 heteroatoms. The van der Waals surface area contributed by atoms with Gasteiger partial charge in [0.1, 0.15) is 5.82 Å². The maximum atomic E-state index is 13.3. The first kappa shape index (κ1) is 25.6. The van der Waals surface area contributed by atoms with E-state index in [1.54, 1.807) is 61.5 Å². The van der Waals surface area contributed by atoms with Gasteiger partial charge in [0.15, 0.2) is 5.78 Å². The van der Waals surface area contributed by atoms with Crippen LogP contribution in [0.15, 0.2) is 95.9 Å². The van der Waals surface area contributed by atoms with Crippen LogP contribution in [0.25, 0.3) is 0 Å². The van der Waals surface area contributed by atoms with Gasteiger partial charge in [-0.3, -0.25) is 13.9 Å². The van der Waals surface area contributed by atoms with Crippen molar-refractivity contribution in [3.8, 4) is 0 Å². The zero-order valence-electron chi connectivity index (χ0n) is 20.2. The lowest BCUT2D eigenvalue weighted by Gasteiger charge is -2.24. The molecule has 1 aliphatic heterocycles. The van der Waals surface area contributed by atoms with Gasteiger partial charge in [-0.15, -0.1) is 0 Å². The molecule has 0 fully saturated rings. The number of benzene rings is 4. The molecule has 0 saturated carbocycles. The van der Waals surface area contributed by atoms with E-state index in [4.69, 9.17) is 11.6 Å². The summed E-state index contributed by atoms with van der Waals surface area (Å²) in [5.41, 5.74) is 2.48. The van der Waals surface area contributed by atoms with Crippen LogP contribution in [0.5, 0.6) is 0 Å². The predicted octanol–water partition coefficient (Wildman–Crippen LogP) is 6.10. The number of carbonyl (C=O) groups is 2. The second-order valence-electron chi connectivity index (χ2n) is 8.99. The molecule has 1 atom stereocenters. The van der Waals surface area contributed by atoms with Gasteiger partial charge in [-0.2, -0.15) is 0 Å². The number of sulfonamides is 1. The van der Waals surface area contributed by atoms with Crippen molar-refractivity contribution in [2.24, 2.45) is 0 Å². The van der Waals surface area contributed by atoms with Gasteiger partial charge in [0, 0.05) is 27.8 Å². The summed E-state index contributed by atoms with van der Waals surface area (Å²) >= 11 is 6.14. The minimum atomic E-state index is -3.93. The number of amides is 1. The van der Waals surface area contributed by atoms with Crippen molar-refractivity contribution in [2.75, 3.05) is 9.62 Å². The highest BCUT2D eigenvalue weighted by Gasteiger charge is 2.36. The maximum Gasteiger partial charge on any atom is 0.264 e. The van der Waals surface area contributed by atoms with E-state index >= 15 is 0 Å². The largest absolute Gasteiger partial charge is 0.321 e. The van der Waals surface area contributed by atoms with Gasteiger partial charge in [-0.05, 0) is 79.6 Å². The first-order valence-corrected chi connectivity index (χ1v) is 13.6. The van der Waals surface area contributed by atoms with Gasteiger partial charge in [-0.25, -0.2) is 12.8 Å². The third-order valence-corrected chi connectivity index (χ3v) is 8.55. The van der Waals surface area contributed by atoms with Crippen LogP contribution >= 0.6 is 11.6 Å². The van der Waals surface area contributed by atoms with Crippen molar-refractivity contribution in [1.29, 1.82) is 0 Å². The molecule has 6 nitrogen and oxygen atoms in total. The number of halogens is 2. The monoisotopic (exact) mass is 548 g/mol. The van der Waals surface area contributed by atoms with Crippen molar-refractivity contribution in [1.82, 2.24) is 0 Å². The molecule has 0 aromatic heterocycles. The summed E-state index contributed by atoms with van der Waals surface area (Å²) in [7, 11) is -3.93. The molecule has 1 aliphatic rings. The fourth-order valence-corrected chi connectivity index (χ4v) is 6.45. The van der Waals surface area contributed by atoms with E-state index in [0.29, 0.717) is 39.5 Å². The van der Waals surface area contributed by atoms with E-state index in [2.05, 4.69) is 5.32 Å². The molecule has 192 valence electrons. The third kappa shape index (κ3) is 4.80. The molecule has 0 bridgehead atoms. The summed E-state index contributed by atoms with van der Waals surface area (Å²) in [6, 6.07) is 22.4. The molecule has 1 N–H and O–H groups in total. The van der Waals surface area contributed by atoms with Crippen LogP contribution in [0.3, 0.4) is 0 Å². The zero-order valence-corrected chi connectivity index (χ0v) is 21.8. The van der Waals surface area contributed by atoms with E-state index in [0.717, 1.165) is 12.1 Å². The van der Waals surface area contributed by atoms with Gasteiger partial charge >= 0.3 is 0 Å². The lowest BCUT2D eigenvalue weighted by Crippen LogP contribution is -2.35. The third-order valence-electron chi connectivity index (χ3n) is 6.38. The topological polar surface area (TPSA) is 83.6 Å². The minimum Gasteiger partial charge on any atom is -0.321 e. The Balaban J connectivity index is 1.43. The van der Waals surface area contributed by atoms with Gasteiger partial charge in [-0.1, -0.05) is 41.9 Å². The second-order valence-corrected chi connectivity index (χ2v) is 11.2. The second kappa shape index (κ2) is 10.0. The highest BCUT2D eigenvalue weighted by Crippen LogP contribution is 2.37. The Morgan fingerprint density at radius 2 is 1.63 bits per heavy atom. The van der Waals surface area contributed by atoms with Gasteiger partial charge in [0.2, 0.25) is 0 Å². The zero-order chi connectivity index (χ0) is 27.0. The molecular weight excluding hydrogens is 527 g/mol. The first-order chi connectivity index (χ1) is 18.1. The van der Waals surface area contributed by atoms with Crippen LogP contribution in [-0.4, -0.2) is 26.2 Å². The molecular formula is C29H22ClFN2O4S. The van der Waals surface area contributed by atoms with Crippen LogP contribution < -0.4 is 9.62 Å². The summed E-state index contributed by atoms with van der Waals surface area (Å²) in [5.74, 6) is -1.26. The first-order valence-electron chi connectivity index (χ1n) is 11.8. The van der Waals surface area contributed by atoms with Gasteiger partial charge in [0.05, 0.1) is 16.3 Å². The number of anilines is 2. The molecule has 0 radical (unpaired) electrons. The number of nitrogens with zero attached hydrogens (tertiary/aromatic N) is 1. The summed E-state index contributed by atoms with van der Waals surface area (Å²) in [6.45, 7) is 1.77. The van der Waals surface area contributed by atoms with Crippen molar-refractivity contribution >= 4 is 44.7 Å². The number of ketones is 1. The van der Waals surface area contributed by atoms with E-state index in [-0.39, 0.29) is 16.2 Å². The average molecular weight is 549 g/mol. The maximum absolute atomic E-state index is 13.3. The van der Waals surface area contributed by atoms with Crippen molar-refractivity contribution in [3.05, 3.63) is 124 Å². The number of hydrogen-bond donors (Lipinski definition) is 1. The van der Waals surface area contributed by atoms with Crippen molar-refractivity contribution < 1.29 is 22.4 Å². The van der Waals surface area contributed by atoms with E-state index in [9.17, 15) is 22.4 Å². The number of carbonyl (C=O) groups excluding carboxylic acids is 2. The van der Waals surface area contributed by atoms with Crippen LogP contribution in [0.4, 0.5) is 15.8 Å². The van der Waals surface area contributed by atoms with Crippen molar-refractivity contribution in [2.45, 2.75) is 24.3 Å². The summed E-state index contributed by atoms with van der Waals surface area (Å²) in [5, 5.41) is 3.15. The highest BCUT2D eigenvalue weighted by molar-refractivity contribution is 7.92. The Bertz CT molecular complexity index is 1660. The number of hydrogen-bond acceptors (Lipinski definition) is 4. The Morgan fingerprint density at radius 3 is 2.34 bits per heavy atom. The summed E-state index contributed by atoms with van der Waals surface area (Å²) in [6.07, 6.45) is 0.398. The fourth-order valence-electron chi connectivity index (χ4n) is 4.58. The van der Waals surface area contributed by atoms with Crippen LogP contribution in [-0.2, 0) is 16.4 Å². The fraction of sp³-hybridized carbons (Fsp3) is 0.103. The van der Waals surface area contributed by atoms with E-state index in [1.807, 2.05) is 0 Å². The summed E-state index contributed by atoms with van der Waals surface area (Å²) < 4.78 is 41.3. The van der Waals surface area contributed by atoms with E-state index in [1.165, 1.54) is 28.6 Å². The standard InChI is InChI=1S/C29H22ClFN2O4S/c1-18-15-21-16-20(7-14-27(21)33(18)38(36,37)24-11-9-23(31)10-12-24)29(35)32-26-13-8-22(30)17-25(26)28(34)19-5-3-2-4-6-19/h2-14,16-18H,15H2,1H3,(H,32,35)/t18-/m0/s1. The SMILES string of the molecule is C[C@H]1Cc2cc(C(=O)Nc3ccc(Cl)cc3C(=O)c3ccccc3)ccc2N1S(=O)(=O)c1ccc(F)cc1. The molecule has 1 heterocycles. The Hall–Kier alpha value is -4.01. The smallest absolute Gasteiger partial charge is 0.264 e. The Morgan fingerprint density at radius 1 is 0.921 bits per heavy atom. The molecule has 1 amide bonds. The van der Waals surface area contributed by atoms with Crippen molar-refractivity contribution in [3.63, 3.8) is 0 Å². The molecule has 38 heavy (non-hydrogen) atoms. The lowest BCUT2D eigenvalue weighted by molar-refractivity contribution is 0.102. The molecule has 4 aromatic carbocycles. The van der Waals surface area contributed by atoms with Crippen LogP contribution in [0, 0.1) is 5.82 Å². The number of nitrogens with one attached hydrogen (secondary N) is 1. The number of fused-ring (bicyclic) bond motifs is 1. The average Bonchev–Trinajstić information content (AvgIpc) is 3.25.